The monoisotopic (exact) mass is 303 g/mol. The van der Waals surface area contributed by atoms with Gasteiger partial charge in [0.15, 0.2) is 9.84 Å². The van der Waals surface area contributed by atoms with E-state index in [9.17, 15) is 8.42 Å². The Morgan fingerprint density at radius 3 is 3.05 bits per heavy atom. The summed E-state index contributed by atoms with van der Waals surface area (Å²) in [5.41, 5.74) is 1.05. The average molecular weight is 303 g/mol. The van der Waals surface area contributed by atoms with Gasteiger partial charge in [0.25, 0.3) is 0 Å². The highest BCUT2D eigenvalue weighted by Crippen LogP contribution is 2.17. The number of aromatic nitrogens is 1. The van der Waals surface area contributed by atoms with E-state index in [2.05, 4.69) is 27.5 Å². The lowest BCUT2D eigenvalue weighted by Gasteiger charge is -2.32. The maximum absolute atomic E-state index is 11.5. The standard InChI is InChI=1S/C12H21N3O2S2/c1-3-13-6-12-14-11(8-18-12)7-15-4-5-19(16,17)9-10(15)2/h8,10,13H,3-7,9H2,1-2H3. The predicted molar refractivity (Wildman–Crippen MR) is 78.0 cm³/mol. The minimum atomic E-state index is -2.83. The molecule has 7 heteroatoms. The van der Waals surface area contributed by atoms with Gasteiger partial charge in [0.05, 0.1) is 17.2 Å². The zero-order valence-corrected chi connectivity index (χ0v) is 13.1. The fourth-order valence-corrected chi connectivity index (χ4v) is 4.59. The molecule has 0 saturated carbocycles. The SMILES string of the molecule is CCNCc1nc(CN2CCS(=O)(=O)CC2C)cs1. The van der Waals surface area contributed by atoms with E-state index in [0.717, 1.165) is 30.3 Å². The first-order chi connectivity index (χ1) is 9.00. The van der Waals surface area contributed by atoms with E-state index >= 15 is 0 Å². The van der Waals surface area contributed by atoms with Crippen molar-refractivity contribution in [3.05, 3.63) is 16.1 Å². The van der Waals surface area contributed by atoms with E-state index in [0.29, 0.717) is 6.54 Å². The Labute approximate surface area is 119 Å². The van der Waals surface area contributed by atoms with E-state index in [-0.39, 0.29) is 17.5 Å². The second kappa shape index (κ2) is 6.30. The fourth-order valence-electron chi connectivity index (χ4n) is 2.21. The molecule has 5 nitrogen and oxygen atoms in total. The molecular weight excluding hydrogens is 282 g/mol. The van der Waals surface area contributed by atoms with E-state index < -0.39 is 9.84 Å². The molecule has 1 N–H and O–H groups in total. The Bertz CT molecular complexity index is 513. The molecule has 0 amide bonds. The molecule has 0 spiro atoms. The van der Waals surface area contributed by atoms with Crippen molar-refractivity contribution in [1.82, 2.24) is 15.2 Å². The highest BCUT2D eigenvalue weighted by atomic mass is 32.2. The fraction of sp³-hybridized carbons (Fsp3) is 0.750. The Hall–Kier alpha value is -0.500. The van der Waals surface area contributed by atoms with Crippen molar-refractivity contribution in [3.8, 4) is 0 Å². The van der Waals surface area contributed by atoms with Crippen molar-refractivity contribution < 1.29 is 8.42 Å². The summed E-state index contributed by atoms with van der Waals surface area (Å²) in [4.78, 5) is 6.78. The summed E-state index contributed by atoms with van der Waals surface area (Å²) in [6, 6.07) is 0.0812. The topological polar surface area (TPSA) is 62.3 Å². The van der Waals surface area contributed by atoms with Crippen molar-refractivity contribution in [3.63, 3.8) is 0 Å². The van der Waals surface area contributed by atoms with Crippen LogP contribution in [0.15, 0.2) is 5.38 Å². The molecule has 1 saturated heterocycles. The van der Waals surface area contributed by atoms with Crippen LogP contribution in [0, 0.1) is 0 Å². The molecule has 0 radical (unpaired) electrons. The second-order valence-electron chi connectivity index (χ2n) is 4.95. The third kappa shape index (κ3) is 4.24. The van der Waals surface area contributed by atoms with Gasteiger partial charge in [0, 0.05) is 31.1 Å². The number of nitrogens with one attached hydrogen (secondary N) is 1. The quantitative estimate of drug-likeness (QED) is 0.874. The summed E-state index contributed by atoms with van der Waals surface area (Å²) < 4.78 is 23.1. The highest BCUT2D eigenvalue weighted by Gasteiger charge is 2.28. The summed E-state index contributed by atoms with van der Waals surface area (Å²) in [7, 11) is -2.83. The van der Waals surface area contributed by atoms with Crippen LogP contribution in [0.5, 0.6) is 0 Å². The summed E-state index contributed by atoms with van der Waals surface area (Å²) >= 11 is 1.66. The first-order valence-corrected chi connectivity index (χ1v) is 9.28. The molecule has 1 aliphatic rings. The van der Waals surface area contributed by atoms with Crippen molar-refractivity contribution in [2.45, 2.75) is 33.0 Å². The summed E-state index contributed by atoms with van der Waals surface area (Å²) in [5.74, 6) is 0.535. The Balaban J connectivity index is 1.92. The summed E-state index contributed by atoms with van der Waals surface area (Å²) in [5, 5.41) is 6.42. The predicted octanol–water partition coefficient (Wildman–Crippen LogP) is 0.872. The lowest BCUT2D eigenvalue weighted by atomic mass is 10.3. The number of nitrogens with zero attached hydrogens (tertiary/aromatic N) is 2. The maximum Gasteiger partial charge on any atom is 0.153 e. The minimum Gasteiger partial charge on any atom is -0.311 e. The van der Waals surface area contributed by atoms with Crippen molar-refractivity contribution in [2.75, 3.05) is 24.6 Å². The van der Waals surface area contributed by atoms with Crippen LogP contribution in [-0.2, 0) is 22.9 Å². The summed E-state index contributed by atoms with van der Waals surface area (Å²) in [6.07, 6.45) is 0. The van der Waals surface area contributed by atoms with Gasteiger partial charge in [0.1, 0.15) is 5.01 Å². The van der Waals surface area contributed by atoms with Gasteiger partial charge in [-0.3, -0.25) is 4.90 Å². The molecule has 1 unspecified atom stereocenters. The molecule has 1 aromatic rings. The first kappa shape index (κ1) is 14.9. The molecule has 0 aromatic carbocycles. The lowest BCUT2D eigenvalue weighted by molar-refractivity contribution is 0.216. The van der Waals surface area contributed by atoms with Crippen LogP contribution < -0.4 is 5.32 Å². The minimum absolute atomic E-state index is 0.0812. The second-order valence-corrected chi connectivity index (χ2v) is 8.12. The van der Waals surface area contributed by atoms with Crippen LogP contribution in [-0.4, -0.2) is 48.9 Å². The van der Waals surface area contributed by atoms with Crippen molar-refractivity contribution >= 4 is 21.2 Å². The molecule has 108 valence electrons. The molecular formula is C12H21N3O2S2. The third-order valence-electron chi connectivity index (χ3n) is 3.30. The summed E-state index contributed by atoms with van der Waals surface area (Å²) in [6.45, 7) is 7.16. The maximum atomic E-state index is 11.5. The first-order valence-electron chi connectivity index (χ1n) is 6.58. The van der Waals surface area contributed by atoms with Crippen LogP contribution in [0.4, 0.5) is 0 Å². The van der Waals surface area contributed by atoms with Gasteiger partial charge in [-0.25, -0.2) is 13.4 Å². The average Bonchev–Trinajstić information content (AvgIpc) is 2.77. The normalized spacial score (nSPS) is 23.6. The van der Waals surface area contributed by atoms with E-state index in [1.54, 1.807) is 11.3 Å². The molecule has 2 heterocycles. The Morgan fingerprint density at radius 1 is 1.58 bits per heavy atom. The van der Waals surface area contributed by atoms with Gasteiger partial charge < -0.3 is 5.32 Å². The van der Waals surface area contributed by atoms with Gasteiger partial charge in [-0.05, 0) is 13.5 Å². The number of rotatable bonds is 5. The van der Waals surface area contributed by atoms with Crippen molar-refractivity contribution in [1.29, 1.82) is 0 Å². The number of hydrogen-bond donors (Lipinski definition) is 1. The lowest BCUT2D eigenvalue weighted by Crippen LogP contribution is -2.46. The van der Waals surface area contributed by atoms with Crippen LogP contribution in [0.25, 0.3) is 0 Å². The highest BCUT2D eigenvalue weighted by molar-refractivity contribution is 7.91. The number of sulfone groups is 1. The van der Waals surface area contributed by atoms with Gasteiger partial charge >= 0.3 is 0 Å². The Morgan fingerprint density at radius 2 is 2.37 bits per heavy atom. The molecule has 19 heavy (non-hydrogen) atoms. The Kier molecular flexibility index (Phi) is 4.94. The molecule has 2 rings (SSSR count). The molecule has 0 bridgehead atoms. The molecule has 1 aromatic heterocycles. The van der Waals surface area contributed by atoms with Crippen LogP contribution in [0.2, 0.25) is 0 Å². The zero-order valence-electron chi connectivity index (χ0n) is 11.4. The van der Waals surface area contributed by atoms with Crippen LogP contribution >= 0.6 is 11.3 Å². The third-order valence-corrected chi connectivity index (χ3v) is 5.99. The van der Waals surface area contributed by atoms with E-state index in [4.69, 9.17) is 0 Å². The van der Waals surface area contributed by atoms with Gasteiger partial charge in [-0.2, -0.15) is 0 Å². The van der Waals surface area contributed by atoms with Gasteiger partial charge in [-0.1, -0.05) is 6.92 Å². The molecule has 1 aliphatic heterocycles. The zero-order chi connectivity index (χ0) is 13.9. The van der Waals surface area contributed by atoms with Gasteiger partial charge in [0.2, 0.25) is 0 Å². The largest absolute Gasteiger partial charge is 0.311 e. The van der Waals surface area contributed by atoms with Crippen LogP contribution in [0.3, 0.4) is 0 Å². The van der Waals surface area contributed by atoms with E-state index in [1.165, 1.54) is 0 Å². The van der Waals surface area contributed by atoms with Crippen molar-refractivity contribution in [2.24, 2.45) is 0 Å². The number of thiazole rings is 1. The molecule has 1 fully saturated rings. The van der Waals surface area contributed by atoms with Gasteiger partial charge in [-0.15, -0.1) is 11.3 Å². The van der Waals surface area contributed by atoms with Crippen LogP contribution in [0.1, 0.15) is 24.5 Å². The molecule has 0 aliphatic carbocycles. The smallest absolute Gasteiger partial charge is 0.153 e. The molecule has 1 atom stereocenters. The number of hydrogen-bond acceptors (Lipinski definition) is 6. The van der Waals surface area contributed by atoms with E-state index in [1.807, 2.05) is 6.92 Å².